The number of aryl methyl sites for hydroxylation is 1. The lowest BCUT2D eigenvalue weighted by Crippen LogP contribution is -2.34. The van der Waals surface area contributed by atoms with Gasteiger partial charge in [-0.1, -0.05) is 6.42 Å². The molecule has 0 atom stereocenters. The predicted octanol–water partition coefficient (Wildman–Crippen LogP) is 2.41. The molecular formula is C13H19BrN2O. The summed E-state index contributed by atoms with van der Waals surface area (Å²) in [4.78, 5) is 14.4. The molecule has 1 aliphatic rings. The van der Waals surface area contributed by atoms with Crippen LogP contribution in [0.5, 0.6) is 0 Å². The first-order chi connectivity index (χ1) is 8.16. The average molecular weight is 299 g/mol. The maximum absolute atomic E-state index is 11.9. The minimum absolute atomic E-state index is 0.130. The first kappa shape index (κ1) is 12.8. The average Bonchev–Trinajstić information content (AvgIpc) is 2.33. The van der Waals surface area contributed by atoms with Crippen LogP contribution in [0.25, 0.3) is 0 Å². The van der Waals surface area contributed by atoms with E-state index < -0.39 is 0 Å². The van der Waals surface area contributed by atoms with Crippen LogP contribution in [0.1, 0.15) is 24.8 Å². The first-order valence-corrected chi connectivity index (χ1v) is 7.05. The number of hydrogen-bond donors (Lipinski definition) is 0. The van der Waals surface area contributed by atoms with Gasteiger partial charge in [-0.2, -0.15) is 0 Å². The van der Waals surface area contributed by atoms with Crippen LogP contribution in [-0.2, 0) is 6.54 Å². The standard InChI is InChI=1S/C13H19BrN2O/c1-11-9-12(14)10-16(13(11)17)8-7-15-5-3-2-4-6-15/h9-10H,2-8H2,1H3. The second kappa shape index (κ2) is 5.83. The Morgan fingerprint density at radius 3 is 2.65 bits per heavy atom. The first-order valence-electron chi connectivity index (χ1n) is 6.26. The zero-order chi connectivity index (χ0) is 12.3. The largest absolute Gasteiger partial charge is 0.313 e. The third-order valence-corrected chi connectivity index (χ3v) is 3.77. The van der Waals surface area contributed by atoms with E-state index >= 15 is 0 Å². The Morgan fingerprint density at radius 2 is 1.94 bits per heavy atom. The van der Waals surface area contributed by atoms with E-state index in [0.717, 1.165) is 23.1 Å². The second-order valence-corrected chi connectivity index (χ2v) is 5.66. The molecule has 1 saturated heterocycles. The van der Waals surface area contributed by atoms with Crippen LogP contribution < -0.4 is 5.56 Å². The Kier molecular flexibility index (Phi) is 4.40. The fraction of sp³-hybridized carbons (Fsp3) is 0.615. The highest BCUT2D eigenvalue weighted by Gasteiger charge is 2.10. The molecule has 0 spiro atoms. The zero-order valence-electron chi connectivity index (χ0n) is 10.3. The fourth-order valence-electron chi connectivity index (χ4n) is 2.34. The predicted molar refractivity (Wildman–Crippen MR) is 73.4 cm³/mol. The third kappa shape index (κ3) is 3.42. The van der Waals surface area contributed by atoms with Crippen LogP contribution in [0, 0.1) is 6.92 Å². The van der Waals surface area contributed by atoms with Crippen molar-refractivity contribution in [1.82, 2.24) is 9.47 Å². The smallest absolute Gasteiger partial charge is 0.253 e. The van der Waals surface area contributed by atoms with E-state index in [0.29, 0.717) is 0 Å². The molecule has 0 saturated carbocycles. The number of nitrogens with zero attached hydrogens (tertiary/aromatic N) is 2. The molecule has 0 amide bonds. The molecule has 17 heavy (non-hydrogen) atoms. The van der Waals surface area contributed by atoms with Gasteiger partial charge >= 0.3 is 0 Å². The van der Waals surface area contributed by atoms with Gasteiger partial charge in [-0.05, 0) is 54.9 Å². The minimum Gasteiger partial charge on any atom is -0.313 e. The van der Waals surface area contributed by atoms with Crippen LogP contribution in [0.2, 0.25) is 0 Å². The molecule has 4 heteroatoms. The molecule has 2 rings (SSSR count). The Balaban J connectivity index is 2.00. The zero-order valence-corrected chi connectivity index (χ0v) is 11.9. The van der Waals surface area contributed by atoms with Crippen molar-refractivity contribution in [2.24, 2.45) is 0 Å². The Hall–Kier alpha value is -0.610. The normalized spacial score (nSPS) is 17.3. The summed E-state index contributed by atoms with van der Waals surface area (Å²) in [6.45, 7) is 6.00. The summed E-state index contributed by atoms with van der Waals surface area (Å²) in [6.07, 6.45) is 5.84. The monoisotopic (exact) mass is 298 g/mol. The van der Waals surface area contributed by atoms with Gasteiger partial charge in [0.25, 0.3) is 5.56 Å². The van der Waals surface area contributed by atoms with Gasteiger partial charge in [0.05, 0.1) is 0 Å². The minimum atomic E-state index is 0.130. The SMILES string of the molecule is Cc1cc(Br)cn(CCN2CCCCC2)c1=O. The summed E-state index contributed by atoms with van der Waals surface area (Å²) in [6, 6.07) is 1.87. The highest BCUT2D eigenvalue weighted by molar-refractivity contribution is 9.10. The maximum Gasteiger partial charge on any atom is 0.253 e. The van der Waals surface area contributed by atoms with Gasteiger partial charge in [0.15, 0.2) is 0 Å². The number of halogens is 1. The van der Waals surface area contributed by atoms with Gasteiger partial charge in [0, 0.05) is 29.3 Å². The lowest BCUT2D eigenvalue weighted by atomic mass is 10.1. The van der Waals surface area contributed by atoms with Gasteiger partial charge in [-0.25, -0.2) is 0 Å². The number of pyridine rings is 1. The van der Waals surface area contributed by atoms with E-state index in [1.807, 2.05) is 23.8 Å². The number of hydrogen-bond acceptors (Lipinski definition) is 2. The number of likely N-dealkylation sites (tertiary alicyclic amines) is 1. The van der Waals surface area contributed by atoms with E-state index in [-0.39, 0.29) is 5.56 Å². The van der Waals surface area contributed by atoms with Gasteiger partial charge in [0.1, 0.15) is 0 Å². The molecule has 0 aliphatic carbocycles. The van der Waals surface area contributed by atoms with Crippen molar-refractivity contribution in [3.05, 3.63) is 32.7 Å². The topological polar surface area (TPSA) is 25.2 Å². The highest BCUT2D eigenvalue weighted by atomic mass is 79.9. The molecule has 1 aromatic heterocycles. The lowest BCUT2D eigenvalue weighted by molar-refractivity contribution is 0.220. The summed E-state index contributed by atoms with van der Waals surface area (Å²) in [5.41, 5.74) is 0.934. The van der Waals surface area contributed by atoms with Crippen molar-refractivity contribution in [1.29, 1.82) is 0 Å². The summed E-state index contributed by atoms with van der Waals surface area (Å²) in [5.74, 6) is 0. The molecule has 1 aliphatic heterocycles. The summed E-state index contributed by atoms with van der Waals surface area (Å²) >= 11 is 3.44. The van der Waals surface area contributed by atoms with Gasteiger partial charge in [-0.15, -0.1) is 0 Å². The Bertz CT molecular complexity index is 436. The molecule has 0 bridgehead atoms. The van der Waals surface area contributed by atoms with Crippen LogP contribution in [0.4, 0.5) is 0 Å². The van der Waals surface area contributed by atoms with Crippen LogP contribution in [0.15, 0.2) is 21.5 Å². The quantitative estimate of drug-likeness (QED) is 0.856. The van der Waals surface area contributed by atoms with Gasteiger partial charge in [0.2, 0.25) is 0 Å². The van der Waals surface area contributed by atoms with Crippen molar-refractivity contribution in [2.45, 2.75) is 32.7 Å². The number of piperidine rings is 1. The van der Waals surface area contributed by atoms with Crippen molar-refractivity contribution in [3.8, 4) is 0 Å². The summed E-state index contributed by atoms with van der Waals surface area (Å²) in [5, 5.41) is 0. The molecule has 1 aromatic rings. The molecule has 0 unspecified atom stereocenters. The van der Waals surface area contributed by atoms with Crippen LogP contribution in [-0.4, -0.2) is 29.1 Å². The van der Waals surface area contributed by atoms with Crippen molar-refractivity contribution in [3.63, 3.8) is 0 Å². The molecule has 94 valence electrons. The van der Waals surface area contributed by atoms with Crippen molar-refractivity contribution >= 4 is 15.9 Å². The van der Waals surface area contributed by atoms with E-state index in [2.05, 4.69) is 20.8 Å². The highest BCUT2D eigenvalue weighted by Crippen LogP contribution is 2.10. The molecular weight excluding hydrogens is 280 g/mol. The number of aromatic nitrogens is 1. The third-order valence-electron chi connectivity index (χ3n) is 3.34. The van der Waals surface area contributed by atoms with E-state index in [1.165, 1.54) is 32.4 Å². The molecule has 3 nitrogen and oxygen atoms in total. The van der Waals surface area contributed by atoms with Crippen LogP contribution in [0.3, 0.4) is 0 Å². The number of rotatable bonds is 3. The Morgan fingerprint density at radius 1 is 1.24 bits per heavy atom. The second-order valence-electron chi connectivity index (χ2n) is 4.74. The van der Waals surface area contributed by atoms with E-state index in [4.69, 9.17) is 0 Å². The molecule has 1 fully saturated rings. The van der Waals surface area contributed by atoms with Crippen molar-refractivity contribution < 1.29 is 0 Å². The van der Waals surface area contributed by atoms with Crippen molar-refractivity contribution in [2.75, 3.05) is 19.6 Å². The van der Waals surface area contributed by atoms with E-state index in [9.17, 15) is 4.79 Å². The van der Waals surface area contributed by atoms with E-state index in [1.54, 1.807) is 0 Å². The molecule has 0 aromatic carbocycles. The molecule has 2 heterocycles. The lowest BCUT2D eigenvalue weighted by Gasteiger charge is -2.26. The molecule has 0 radical (unpaired) electrons. The van der Waals surface area contributed by atoms with Gasteiger partial charge < -0.3 is 9.47 Å². The fourth-order valence-corrected chi connectivity index (χ4v) is 2.93. The Labute approximate surface area is 111 Å². The summed E-state index contributed by atoms with van der Waals surface area (Å²) < 4.78 is 2.79. The van der Waals surface area contributed by atoms with Gasteiger partial charge in [-0.3, -0.25) is 4.79 Å². The van der Waals surface area contributed by atoms with Crippen LogP contribution >= 0.6 is 15.9 Å². The summed E-state index contributed by atoms with van der Waals surface area (Å²) in [7, 11) is 0. The molecule has 0 N–H and O–H groups in total. The maximum atomic E-state index is 11.9.